The summed E-state index contributed by atoms with van der Waals surface area (Å²) in [7, 11) is 0. The molecular weight excluding hydrogens is 308 g/mol. The number of para-hydroxylation sites is 1. The molecule has 1 saturated carbocycles. The van der Waals surface area contributed by atoms with Crippen molar-refractivity contribution in [1.29, 1.82) is 0 Å². The molecule has 4 heteroatoms. The Hall–Kier alpha value is -2.00. The van der Waals surface area contributed by atoms with E-state index in [4.69, 9.17) is 11.6 Å². The first-order valence-electron chi connectivity index (χ1n) is 8.15. The topological polar surface area (TPSA) is 32.3 Å². The van der Waals surface area contributed by atoms with Crippen LogP contribution in [0.15, 0.2) is 54.6 Å². The van der Waals surface area contributed by atoms with Crippen LogP contribution in [0, 0.1) is 0 Å². The molecule has 2 aromatic carbocycles. The number of benzene rings is 2. The number of urea groups is 1. The Balaban J connectivity index is 1.82. The lowest BCUT2D eigenvalue weighted by Gasteiger charge is -2.34. The maximum atomic E-state index is 12.9. The first kappa shape index (κ1) is 15.9. The molecule has 1 aliphatic rings. The largest absolute Gasteiger partial charge is 0.326 e. The quantitative estimate of drug-likeness (QED) is 0.768. The lowest BCUT2D eigenvalue weighted by Crippen LogP contribution is -2.44. The minimum Gasteiger partial charge on any atom is -0.308 e. The molecule has 23 heavy (non-hydrogen) atoms. The second kappa shape index (κ2) is 7.51. The Morgan fingerprint density at radius 3 is 2.26 bits per heavy atom. The number of nitrogens with zero attached hydrogens (tertiary/aromatic N) is 1. The van der Waals surface area contributed by atoms with Crippen molar-refractivity contribution in [3.8, 4) is 0 Å². The highest BCUT2D eigenvalue weighted by Crippen LogP contribution is 2.28. The van der Waals surface area contributed by atoms with Crippen LogP contribution >= 0.6 is 11.6 Å². The van der Waals surface area contributed by atoms with Gasteiger partial charge in [-0.05, 0) is 49.2 Å². The highest BCUT2D eigenvalue weighted by molar-refractivity contribution is 6.30. The smallest absolute Gasteiger partial charge is 0.308 e. The van der Waals surface area contributed by atoms with Crippen molar-refractivity contribution < 1.29 is 4.79 Å². The molecule has 0 saturated heterocycles. The van der Waals surface area contributed by atoms with Gasteiger partial charge >= 0.3 is 6.03 Å². The molecule has 0 heterocycles. The predicted molar refractivity (Wildman–Crippen MR) is 96.3 cm³/mol. The maximum Gasteiger partial charge on any atom is 0.326 e. The summed E-state index contributed by atoms with van der Waals surface area (Å²) in [5.41, 5.74) is 1.71. The van der Waals surface area contributed by atoms with E-state index in [0.29, 0.717) is 5.02 Å². The van der Waals surface area contributed by atoms with Gasteiger partial charge in [-0.2, -0.15) is 0 Å². The zero-order valence-corrected chi connectivity index (χ0v) is 13.8. The standard InChI is InChI=1S/C19H21ClN2O/c20-15-11-13-16(14-12-15)21-19(23)22(17-7-3-1-4-8-17)18-9-5-2-6-10-18/h1,3-4,7-8,11-14,18H,2,5-6,9-10H2,(H,21,23). The van der Waals surface area contributed by atoms with Gasteiger partial charge in [0.05, 0.1) is 0 Å². The van der Waals surface area contributed by atoms with Crippen molar-refractivity contribution in [2.75, 3.05) is 10.2 Å². The third kappa shape index (κ3) is 4.05. The predicted octanol–water partition coefficient (Wildman–Crippen LogP) is 5.71. The fourth-order valence-corrected chi connectivity index (χ4v) is 3.26. The van der Waals surface area contributed by atoms with Crippen molar-refractivity contribution in [2.24, 2.45) is 0 Å². The Morgan fingerprint density at radius 1 is 0.957 bits per heavy atom. The van der Waals surface area contributed by atoms with E-state index < -0.39 is 0 Å². The van der Waals surface area contributed by atoms with E-state index in [-0.39, 0.29) is 12.1 Å². The number of carbonyl (C=O) groups is 1. The molecule has 2 amide bonds. The Bertz CT molecular complexity index is 636. The maximum absolute atomic E-state index is 12.9. The van der Waals surface area contributed by atoms with Crippen molar-refractivity contribution in [2.45, 2.75) is 38.1 Å². The van der Waals surface area contributed by atoms with Crippen molar-refractivity contribution in [1.82, 2.24) is 0 Å². The number of nitrogens with one attached hydrogen (secondary N) is 1. The summed E-state index contributed by atoms with van der Waals surface area (Å²) < 4.78 is 0. The highest BCUT2D eigenvalue weighted by atomic mass is 35.5. The molecule has 2 aromatic rings. The van der Waals surface area contributed by atoms with Crippen LogP contribution in [0.4, 0.5) is 16.2 Å². The van der Waals surface area contributed by atoms with Gasteiger partial charge in [-0.15, -0.1) is 0 Å². The van der Waals surface area contributed by atoms with Crippen LogP contribution in [-0.4, -0.2) is 12.1 Å². The van der Waals surface area contributed by atoms with Gasteiger partial charge in [-0.25, -0.2) is 4.79 Å². The van der Waals surface area contributed by atoms with E-state index in [1.165, 1.54) is 19.3 Å². The van der Waals surface area contributed by atoms with Crippen LogP contribution in [0.25, 0.3) is 0 Å². The van der Waals surface area contributed by atoms with E-state index in [0.717, 1.165) is 24.2 Å². The molecule has 0 unspecified atom stereocenters. The summed E-state index contributed by atoms with van der Waals surface area (Å²) >= 11 is 5.91. The number of hydrogen-bond acceptors (Lipinski definition) is 1. The van der Waals surface area contributed by atoms with Crippen LogP contribution < -0.4 is 10.2 Å². The zero-order chi connectivity index (χ0) is 16.1. The summed E-state index contributed by atoms with van der Waals surface area (Å²) in [6, 6.07) is 17.3. The second-order valence-corrected chi connectivity index (χ2v) is 6.37. The average Bonchev–Trinajstić information content (AvgIpc) is 2.59. The number of hydrogen-bond donors (Lipinski definition) is 1. The lowest BCUT2D eigenvalue weighted by molar-refractivity contribution is 0.252. The lowest BCUT2D eigenvalue weighted by atomic mass is 9.94. The number of anilines is 2. The number of halogens is 1. The fraction of sp³-hybridized carbons (Fsp3) is 0.316. The molecule has 3 nitrogen and oxygen atoms in total. The molecule has 3 rings (SSSR count). The van der Waals surface area contributed by atoms with Crippen LogP contribution in [0.5, 0.6) is 0 Å². The van der Waals surface area contributed by atoms with Gasteiger partial charge < -0.3 is 5.32 Å². The van der Waals surface area contributed by atoms with E-state index >= 15 is 0 Å². The van der Waals surface area contributed by atoms with Gasteiger partial charge in [0.2, 0.25) is 0 Å². The molecule has 0 radical (unpaired) electrons. The number of amides is 2. The minimum atomic E-state index is -0.0783. The monoisotopic (exact) mass is 328 g/mol. The zero-order valence-electron chi connectivity index (χ0n) is 13.0. The summed E-state index contributed by atoms with van der Waals surface area (Å²) in [6.07, 6.45) is 5.74. The first-order valence-corrected chi connectivity index (χ1v) is 8.53. The molecule has 0 atom stereocenters. The van der Waals surface area contributed by atoms with Gasteiger partial charge in [0.15, 0.2) is 0 Å². The molecule has 120 valence electrons. The highest BCUT2D eigenvalue weighted by Gasteiger charge is 2.26. The molecule has 0 aromatic heterocycles. The normalized spacial score (nSPS) is 15.2. The van der Waals surface area contributed by atoms with Gasteiger partial charge in [0.1, 0.15) is 0 Å². The molecule has 1 fully saturated rings. The summed E-state index contributed by atoms with van der Waals surface area (Å²) in [5.74, 6) is 0. The summed E-state index contributed by atoms with van der Waals surface area (Å²) in [4.78, 5) is 14.8. The molecule has 0 spiro atoms. The van der Waals surface area contributed by atoms with Gasteiger partial charge in [0, 0.05) is 22.4 Å². The third-order valence-electron chi connectivity index (χ3n) is 4.29. The molecule has 1 N–H and O–H groups in total. The van der Waals surface area contributed by atoms with E-state index in [1.54, 1.807) is 12.1 Å². The summed E-state index contributed by atoms with van der Waals surface area (Å²) in [6.45, 7) is 0. The van der Waals surface area contributed by atoms with Crippen LogP contribution in [0.1, 0.15) is 32.1 Å². The van der Waals surface area contributed by atoms with Crippen molar-refractivity contribution in [3.05, 3.63) is 59.6 Å². The van der Waals surface area contributed by atoms with Crippen molar-refractivity contribution >= 4 is 29.0 Å². The van der Waals surface area contributed by atoms with Crippen LogP contribution in [0.2, 0.25) is 5.02 Å². The molecular formula is C19H21ClN2O. The van der Waals surface area contributed by atoms with Gasteiger partial charge in [0.25, 0.3) is 0 Å². The number of rotatable bonds is 3. The Labute approximate surface area is 142 Å². The van der Waals surface area contributed by atoms with Gasteiger partial charge in [-0.3, -0.25) is 4.90 Å². The van der Waals surface area contributed by atoms with Crippen LogP contribution in [-0.2, 0) is 0 Å². The Morgan fingerprint density at radius 2 is 1.61 bits per heavy atom. The Kier molecular flexibility index (Phi) is 5.19. The third-order valence-corrected chi connectivity index (χ3v) is 4.54. The first-order chi connectivity index (χ1) is 11.2. The molecule has 0 bridgehead atoms. The van der Waals surface area contributed by atoms with Crippen molar-refractivity contribution in [3.63, 3.8) is 0 Å². The minimum absolute atomic E-state index is 0.0783. The SMILES string of the molecule is O=C(Nc1ccc(Cl)cc1)N(c1ccccc1)C1CCCCC1. The average molecular weight is 329 g/mol. The van der Waals surface area contributed by atoms with E-state index in [1.807, 2.05) is 47.4 Å². The second-order valence-electron chi connectivity index (χ2n) is 5.93. The van der Waals surface area contributed by atoms with Gasteiger partial charge in [-0.1, -0.05) is 49.1 Å². The summed E-state index contributed by atoms with van der Waals surface area (Å²) in [5, 5.41) is 3.66. The molecule has 0 aliphatic heterocycles. The fourth-order valence-electron chi connectivity index (χ4n) is 3.14. The van der Waals surface area contributed by atoms with E-state index in [9.17, 15) is 4.79 Å². The van der Waals surface area contributed by atoms with E-state index in [2.05, 4.69) is 5.32 Å². The number of carbonyl (C=O) groups excluding carboxylic acids is 1. The van der Waals surface area contributed by atoms with Crippen LogP contribution in [0.3, 0.4) is 0 Å². The molecule has 1 aliphatic carbocycles.